The first-order chi connectivity index (χ1) is 18.2. The summed E-state index contributed by atoms with van der Waals surface area (Å²) in [5.41, 5.74) is 1.08. The lowest BCUT2D eigenvalue weighted by Gasteiger charge is -2.27. The number of nitrogens with zero attached hydrogens (tertiary/aromatic N) is 2. The van der Waals surface area contributed by atoms with Crippen LogP contribution in [0.3, 0.4) is 0 Å². The number of carbonyl (C=O) groups excluding carboxylic acids is 3. The van der Waals surface area contributed by atoms with Gasteiger partial charge in [0, 0.05) is 18.8 Å². The van der Waals surface area contributed by atoms with Crippen LogP contribution < -0.4 is 10.6 Å². The van der Waals surface area contributed by atoms with Gasteiger partial charge >= 0.3 is 6.03 Å². The molecular formula is C28H36N4O6S. The fourth-order valence-electron chi connectivity index (χ4n) is 4.76. The van der Waals surface area contributed by atoms with E-state index in [0.29, 0.717) is 24.3 Å². The Hall–Kier alpha value is -3.28. The summed E-state index contributed by atoms with van der Waals surface area (Å²) in [5, 5.41) is 5.41. The summed E-state index contributed by atoms with van der Waals surface area (Å²) in [6.07, 6.45) is 0. The van der Waals surface area contributed by atoms with Gasteiger partial charge in [0.25, 0.3) is 5.91 Å². The van der Waals surface area contributed by atoms with Crippen molar-refractivity contribution in [3.63, 3.8) is 0 Å². The molecule has 4 amide bonds. The summed E-state index contributed by atoms with van der Waals surface area (Å²) in [4.78, 5) is 40.6. The van der Waals surface area contributed by atoms with Crippen LogP contribution in [0.1, 0.15) is 51.3 Å². The van der Waals surface area contributed by atoms with Crippen molar-refractivity contribution in [2.75, 3.05) is 31.6 Å². The smallest absolute Gasteiger partial charge is 0.326 e. The van der Waals surface area contributed by atoms with E-state index >= 15 is 0 Å². The van der Waals surface area contributed by atoms with Gasteiger partial charge in [-0.05, 0) is 55.0 Å². The van der Waals surface area contributed by atoms with Crippen molar-refractivity contribution in [2.45, 2.75) is 63.4 Å². The zero-order valence-corrected chi connectivity index (χ0v) is 24.0. The number of imide groups is 1. The highest BCUT2D eigenvalue weighted by Crippen LogP contribution is 2.32. The maximum Gasteiger partial charge on any atom is 0.326 e. The molecule has 0 bridgehead atoms. The van der Waals surface area contributed by atoms with Crippen LogP contribution in [-0.4, -0.2) is 67.8 Å². The fourth-order valence-corrected chi connectivity index (χ4v) is 6.42. The van der Waals surface area contributed by atoms with Gasteiger partial charge in [-0.1, -0.05) is 51.1 Å². The van der Waals surface area contributed by atoms with Crippen LogP contribution in [0, 0.1) is 6.92 Å². The Labute approximate surface area is 229 Å². The Morgan fingerprint density at radius 2 is 1.69 bits per heavy atom. The number of hydrogen-bond acceptors (Lipinski definition) is 6. The van der Waals surface area contributed by atoms with Gasteiger partial charge in [0.1, 0.15) is 11.6 Å². The summed E-state index contributed by atoms with van der Waals surface area (Å²) < 4.78 is 33.0. The molecular weight excluding hydrogens is 520 g/mol. The molecule has 2 aromatic rings. The number of ether oxygens (including phenoxy) is 1. The van der Waals surface area contributed by atoms with Crippen molar-refractivity contribution in [1.29, 1.82) is 0 Å². The zero-order chi connectivity index (χ0) is 28.8. The number of rotatable bonds is 6. The molecule has 2 heterocycles. The van der Waals surface area contributed by atoms with E-state index in [0.717, 1.165) is 10.5 Å². The van der Waals surface area contributed by atoms with Crippen LogP contribution in [0.5, 0.6) is 0 Å². The van der Waals surface area contributed by atoms with Crippen LogP contribution in [-0.2, 0) is 35.3 Å². The SMILES string of the molecule is Cc1ccc(NC(=O)C(C)N2C(=O)NC(C)(c3ccc(C(C)(C)C)cc3)C2=O)cc1S(=O)(=O)N1CCOCC1. The Morgan fingerprint density at radius 1 is 1.08 bits per heavy atom. The molecule has 4 rings (SSSR count). The molecule has 2 fully saturated rings. The maximum absolute atomic E-state index is 13.5. The van der Waals surface area contributed by atoms with Gasteiger partial charge in [-0.25, -0.2) is 18.1 Å². The van der Waals surface area contributed by atoms with Gasteiger partial charge in [0.05, 0.1) is 18.1 Å². The van der Waals surface area contributed by atoms with Crippen LogP contribution in [0.4, 0.5) is 10.5 Å². The van der Waals surface area contributed by atoms with Crippen molar-refractivity contribution >= 4 is 33.6 Å². The monoisotopic (exact) mass is 556 g/mol. The van der Waals surface area contributed by atoms with E-state index in [9.17, 15) is 22.8 Å². The predicted octanol–water partition coefficient (Wildman–Crippen LogP) is 3.11. The summed E-state index contributed by atoms with van der Waals surface area (Å²) in [7, 11) is -3.79. The van der Waals surface area contributed by atoms with Crippen LogP contribution in [0.25, 0.3) is 0 Å². The number of benzene rings is 2. The van der Waals surface area contributed by atoms with Gasteiger partial charge in [0.15, 0.2) is 0 Å². The number of urea groups is 1. The van der Waals surface area contributed by atoms with Gasteiger partial charge in [0.2, 0.25) is 15.9 Å². The largest absolute Gasteiger partial charge is 0.379 e. The normalized spacial score (nSPS) is 21.5. The second-order valence-electron chi connectivity index (χ2n) is 11.2. The third-order valence-corrected chi connectivity index (χ3v) is 9.40. The highest BCUT2D eigenvalue weighted by atomic mass is 32.2. The average Bonchev–Trinajstić information content (AvgIpc) is 3.13. The topological polar surface area (TPSA) is 125 Å². The number of morpholine rings is 1. The van der Waals surface area contributed by atoms with Crippen molar-refractivity contribution in [1.82, 2.24) is 14.5 Å². The number of nitrogens with one attached hydrogen (secondary N) is 2. The number of hydrogen-bond donors (Lipinski definition) is 2. The van der Waals surface area contributed by atoms with Gasteiger partial charge in [-0.2, -0.15) is 4.31 Å². The second kappa shape index (κ2) is 10.4. The number of amides is 4. The first-order valence-corrected chi connectivity index (χ1v) is 14.4. The molecule has 2 aliphatic heterocycles. The summed E-state index contributed by atoms with van der Waals surface area (Å²) >= 11 is 0. The van der Waals surface area contributed by atoms with E-state index in [1.165, 1.54) is 17.3 Å². The van der Waals surface area contributed by atoms with Crippen LogP contribution >= 0.6 is 0 Å². The molecule has 2 atom stereocenters. The Bertz CT molecular complexity index is 1390. The molecule has 0 aromatic heterocycles. The minimum atomic E-state index is -3.79. The van der Waals surface area contributed by atoms with Crippen molar-refractivity contribution in [3.8, 4) is 0 Å². The van der Waals surface area contributed by atoms with Gasteiger partial charge in [-0.15, -0.1) is 0 Å². The summed E-state index contributed by atoms with van der Waals surface area (Å²) in [5.74, 6) is -1.16. The van der Waals surface area contributed by atoms with E-state index in [1.54, 1.807) is 26.0 Å². The van der Waals surface area contributed by atoms with E-state index in [4.69, 9.17) is 4.74 Å². The molecule has 0 radical (unpaired) electrons. The lowest BCUT2D eigenvalue weighted by Crippen LogP contribution is -2.47. The molecule has 2 saturated heterocycles. The van der Waals surface area contributed by atoms with Crippen molar-refractivity contribution in [2.24, 2.45) is 0 Å². The van der Waals surface area contributed by atoms with Gasteiger partial charge in [-0.3, -0.25) is 9.59 Å². The summed E-state index contributed by atoms with van der Waals surface area (Å²) in [6, 6.07) is 10.3. The van der Waals surface area contributed by atoms with Crippen LogP contribution in [0.15, 0.2) is 47.4 Å². The van der Waals surface area contributed by atoms with Crippen molar-refractivity contribution < 1.29 is 27.5 Å². The second-order valence-corrected chi connectivity index (χ2v) is 13.1. The summed E-state index contributed by atoms with van der Waals surface area (Å²) in [6.45, 7) is 12.2. The maximum atomic E-state index is 13.5. The molecule has 39 heavy (non-hydrogen) atoms. The quantitative estimate of drug-likeness (QED) is 0.527. The fraction of sp³-hybridized carbons (Fsp3) is 0.464. The number of sulfonamides is 1. The Balaban J connectivity index is 1.53. The average molecular weight is 557 g/mol. The van der Waals surface area contributed by atoms with E-state index in [-0.39, 0.29) is 29.1 Å². The highest BCUT2D eigenvalue weighted by molar-refractivity contribution is 7.89. The van der Waals surface area contributed by atoms with Crippen LogP contribution in [0.2, 0.25) is 0 Å². The molecule has 0 aliphatic carbocycles. The number of aryl methyl sites for hydroxylation is 1. The zero-order valence-electron chi connectivity index (χ0n) is 23.2. The Morgan fingerprint density at radius 3 is 2.28 bits per heavy atom. The lowest BCUT2D eigenvalue weighted by molar-refractivity contribution is -0.136. The first-order valence-electron chi connectivity index (χ1n) is 12.9. The number of anilines is 1. The van der Waals surface area contributed by atoms with Crippen molar-refractivity contribution in [3.05, 3.63) is 59.2 Å². The van der Waals surface area contributed by atoms with E-state index in [2.05, 4.69) is 31.4 Å². The third kappa shape index (κ3) is 5.43. The number of carbonyl (C=O) groups is 3. The highest BCUT2D eigenvalue weighted by Gasteiger charge is 2.51. The first kappa shape index (κ1) is 28.7. The molecule has 0 spiro atoms. The van der Waals surface area contributed by atoms with E-state index < -0.39 is 39.4 Å². The minimum absolute atomic E-state index is 0.0711. The third-order valence-electron chi connectivity index (χ3n) is 7.36. The molecule has 11 heteroatoms. The molecule has 10 nitrogen and oxygen atoms in total. The lowest BCUT2D eigenvalue weighted by atomic mass is 9.84. The Kier molecular flexibility index (Phi) is 7.63. The standard InChI is InChI=1S/C28H36N4O6S/c1-18-7-12-22(17-23(18)39(36,37)31-13-15-38-16-14-31)29-24(33)19(2)32-25(34)28(6,30-26(32)35)21-10-8-20(9-11-21)27(3,4)5/h7-12,17,19H,13-16H2,1-6H3,(H,29,33)(H,30,35). The molecule has 2 aliphatic rings. The molecule has 2 unspecified atom stereocenters. The van der Waals surface area contributed by atoms with E-state index in [1.807, 2.05) is 24.3 Å². The molecule has 2 aromatic carbocycles. The predicted molar refractivity (Wildman–Crippen MR) is 147 cm³/mol. The molecule has 0 saturated carbocycles. The molecule has 2 N–H and O–H groups in total. The molecule has 210 valence electrons. The minimum Gasteiger partial charge on any atom is -0.379 e. The van der Waals surface area contributed by atoms with Gasteiger partial charge < -0.3 is 15.4 Å².